The molecule has 0 saturated heterocycles. The Morgan fingerprint density at radius 3 is 2.05 bits per heavy atom. The van der Waals surface area contributed by atoms with Crippen molar-refractivity contribution in [1.29, 1.82) is 0 Å². The highest BCUT2D eigenvalue weighted by atomic mass is 31.2. The zero-order chi connectivity index (χ0) is 29.8. The normalized spacial score (nSPS) is 13.4. The minimum Gasteiger partial charge on any atom is -0.508 e. The van der Waals surface area contributed by atoms with Gasteiger partial charge in [0, 0.05) is 11.5 Å². The quantitative estimate of drug-likeness (QED) is 0.176. The Morgan fingerprint density at radius 2 is 1.52 bits per heavy atom. The number of phenolic OH excluding ortho intramolecular Hbond substituents is 1. The van der Waals surface area contributed by atoms with Crippen molar-refractivity contribution in [2.45, 2.75) is 79.8 Å². The van der Waals surface area contributed by atoms with Gasteiger partial charge in [0.2, 0.25) is 0 Å². The van der Waals surface area contributed by atoms with E-state index < -0.39 is 31.8 Å². The first-order valence-electron chi connectivity index (χ1n) is 13.7. The number of hydrogen-bond donors (Lipinski definition) is 4. The first-order chi connectivity index (χ1) is 18.8. The lowest BCUT2D eigenvalue weighted by atomic mass is 9.91. The SMILES string of the molecule is CCOC(=O)[C@H](C)N[P+](O)(N[C@@H](C)C(=O)OCC)c1cc2c(C)c(Cc3ccc(O)c(C(C)C)c3)c(C)cc2o1. The molecule has 40 heavy (non-hydrogen) atoms. The number of esters is 2. The summed E-state index contributed by atoms with van der Waals surface area (Å²) in [6.07, 6.45) is 0.657. The van der Waals surface area contributed by atoms with E-state index in [0.29, 0.717) is 17.8 Å². The molecule has 3 rings (SSSR count). The van der Waals surface area contributed by atoms with Gasteiger partial charge in [-0.2, -0.15) is 0 Å². The summed E-state index contributed by atoms with van der Waals surface area (Å²) in [5.74, 6) is -0.589. The molecule has 218 valence electrons. The van der Waals surface area contributed by atoms with Crippen molar-refractivity contribution >= 4 is 36.2 Å². The van der Waals surface area contributed by atoms with E-state index >= 15 is 0 Å². The van der Waals surface area contributed by atoms with E-state index in [1.807, 2.05) is 45.9 Å². The summed E-state index contributed by atoms with van der Waals surface area (Å²) in [6, 6.07) is 7.63. The van der Waals surface area contributed by atoms with Crippen LogP contribution in [-0.4, -0.2) is 47.2 Å². The third-order valence-electron chi connectivity index (χ3n) is 6.88. The van der Waals surface area contributed by atoms with Gasteiger partial charge < -0.3 is 19.0 Å². The molecule has 4 N–H and O–H groups in total. The summed E-state index contributed by atoms with van der Waals surface area (Å²) in [5.41, 5.74) is 5.88. The lowest BCUT2D eigenvalue weighted by Crippen LogP contribution is -2.47. The van der Waals surface area contributed by atoms with Crippen molar-refractivity contribution in [3.8, 4) is 5.75 Å². The number of carbonyl (C=O) groups excluding carboxylic acids is 2. The maximum atomic E-state index is 12.4. The van der Waals surface area contributed by atoms with E-state index in [9.17, 15) is 19.6 Å². The van der Waals surface area contributed by atoms with E-state index in [4.69, 9.17) is 13.9 Å². The van der Waals surface area contributed by atoms with Gasteiger partial charge in [-0.3, -0.25) is 9.59 Å². The Bertz CT molecular complexity index is 1340. The molecule has 0 saturated carbocycles. The molecule has 2 atom stereocenters. The van der Waals surface area contributed by atoms with Gasteiger partial charge in [0.25, 0.3) is 0 Å². The summed E-state index contributed by atoms with van der Waals surface area (Å²) in [7, 11) is -3.60. The molecule has 0 fully saturated rings. The maximum absolute atomic E-state index is 12.4. The highest BCUT2D eigenvalue weighted by Crippen LogP contribution is 2.47. The number of furan rings is 1. The van der Waals surface area contributed by atoms with E-state index in [1.165, 1.54) is 0 Å². The second kappa shape index (κ2) is 13.1. The number of nitrogens with one attached hydrogen (secondary N) is 2. The molecule has 10 heteroatoms. The number of fused-ring (bicyclic) bond motifs is 1. The summed E-state index contributed by atoms with van der Waals surface area (Å²) in [6.45, 7) is 15.1. The van der Waals surface area contributed by atoms with Gasteiger partial charge in [-0.25, -0.2) is 4.89 Å². The fourth-order valence-electron chi connectivity index (χ4n) is 4.71. The first kappa shape index (κ1) is 31.6. The molecule has 0 radical (unpaired) electrons. The van der Waals surface area contributed by atoms with Crippen LogP contribution in [0.1, 0.15) is 75.3 Å². The van der Waals surface area contributed by atoms with Gasteiger partial charge in [0.1, 0.15) is 23.4 Å². The fourth-order valence-corrected chi connectivity index (χ4v) is 6.92. The lowest BCUT2D eigenvalue weighted by Gasteiger charge is -2.23. The van der Waals surface area contributed by atoms with Crippen molar-refractivity contribution in [3.05, 3.63) is 58.1 Å². The Labute approximate surface area is 236 Å². The highest BCUT2D eigenvalue weighted by molar-refractivity contribution is 7.73. The van der Waals surface area contributed by atoms with Crippen LogP contribution < -0.4 is 15.7 Å². The summed E-state index contributed by atoms with van der Waals surface area (Å²) in [4.78, 5) is 36.7. The Morgan fingerprint density at radius 1 is 0.950 bits per heavy atom. The highest BCUT2D eigenvalue weighted by Gasteiger charge is 2.49. The largest absolute Gasteiger partial charge is 0.508 e. The topological polar surface area (TPSA) is 130 Å². The number of aryl methyl sites for hydroxylation is 2. The molecule has 0 unspecified atom stereocenters. The molecular formula is C30H42N2O7P+. The van der Waals surface area contributed by atoms with Gasteiger partial charge in [0.15, 0.2) is 0 Å². The third kappa shape index (κ3) is 7.02. The molecule has 3 aromatic rings. The lowest BCUT2D eigenvalue weighted by molar-refractivity contribution is -0.145. The number of carbonyl (C=O) groups is 2. The van der Waals surface area contributed by atoms with Crippen LogP contribution in [0, 0.1) is 13.8 Å². The molecule has 2 aromatic carbocycles. The average Bonchev–Trinajstić information content (AvgIpc) is 3.32. The van der Waals surface area contributed by atoms with Crippen LogP contribution in [0.15, 0.2) is 34.7 Å². The van der Waals surface area contributed by atoms with Crippen LogP contribution in [0.3, 0.4) is 0 Å². The van der Waals surface area contributed by atoms with Crippen molar-refractivity contribution in [3.63, 3.8) is 0 Å². The smallest absolute Gasteiger partial charge is 0.354 e. The molecule has 9 nitrogen and oxygen atoms in total. The van der Waals surface area contributed by atoms with Gasteiger partial charge in [-0.05, 0) is 93.8 Å². The van der Waals surface area contributed by atoms with Gasteiger partial charge in [0.05, 0.1) is 13.2 Å². The van der Waals surface area contributed by atoms with Crippen LogP contribution in [0.4, 0.5) is 0 Å². The van der Waals surface area contributed by atoms with Crippen molar-refractivity contribution in [2.24, 2.45) is 0 Å². The average molecular weight is 574 g/mol. The zero-order valence-electron chi connectivity index (χ0n) is 24.6. The molecule has 0 aliphatic rings. The second-order valence-electron chi connectivity index (χ2n) is 10.4. The number of rotatable bonds is 12. The fraction of sp³-hybridized carbons (Fsp3) is 0.467. The van der Waals surface area contributed by atoms with E-state index in [0.717, 1.165) is 33.2 Å². The van der Waals surface area contributed by atoms with Crippen molar-refractivity contribution in [1.82, 2.24) is 10.2 Å². The van der Waals surface area contributed by atoms with Gasteiger partial charge in [-0.15, -0.1) is 10.2 Å². The van der Waals surface area contributed by atoms with Crippen molar-refractivity contribution in [2.75, 3.05) is 13.2 Å². The molecule has 0 bridgehead atoms. The predicted molar refractivity (Wildman–Crippen MR) is 158 cm³/mol. The molecule has 0 spiro atoms. The summed E-state index contributed by atoms with van der Waals surface area (Å²) in [5, 5.41) is 17.0. The molecule has 0 amide bonds. The first-order valence-corrected chi connectivity index (χ1v) is 15.4. The standard InChI is InChI=1S/C30H41N2O7P/c1-9-37-29(34)20(7)31-40(36,32-21(8)30(35)38-10-2)28-16-25-19(6)24(18(5)13-27(25)39-28)15-22-11-12-26(33)23(14-22)17(3)4/h11-14,16-17,20-21,31-32,36H,9-10,15H2,1-8H3/p+1/t20-,21-/m0/s1. The zero-order valence-corrected chi connectivity index (χ0v) is 25.5. The number of hydrogen-bond acceptors (Lipinski definition) is 9. The minimum atomic E-state index is -3.60. The molecule has 0 aliphatic heterocycles. The monoisotopic (exact) mass is 573 g/mol. The molecular weight excluding hydrogens is 531 g/mol. The van der Waals surface area contributed by atoms with Crippen LogP contribution in [0.2, 0.25) is 0 Å². The number of benzene rings is 2. The molecule has 0 aliphatic carbocycles. The second-order valence-corrected chi connectivity index (χ2v) is 12.6. The van der Waals surface area contributed by atoms with Crippen LogP contribution in [0.5, 0.6) is 5.75 Å². The van der Waals surface area contributed by atoms with Crippen LogP contribution >= 0.6 is 7.79 Å². The number of aromatic hydroxyl groups is 1. The maximum Gasteiger partial charge on any atom is 0.354 e. The Balaban J connectivity index is 2.05. The Hall–Kier alpha value is -2.97. The number of ether oxygens (including phenoxy) is 2. The van der Waals surface area contributed by atoms with Gasteiger partial charge >= 0.3 is 25.2 Å². The van der Waals surface area contributed by atoms with E-state index in [2.05, 4.69) is 10.2 Å². The Kier molecular flexibility index (Phi) is 10.4. The summed E-state index contributed by atoms with van der Waals surface area (Å²) < 4.78 is 16.4. The van der Waals surface area contributed by atoms with E-state index in [-0.39, 0.29) is 24.6 Å². The third-order valence-corrected chi connectivity index (χ3v) is 9.26. The molecule has 1 heterocycles. The van der Waals surface area contributed by atoms with Crippen LogP contribution in [-0.2, 0) is 25.5 Å². The van der Waals surface area contributed by atoms with E-state index in [1.54, 1.807) is 39.8 Å². The van der Waals surface area contributed by atoms with Crippen LogP contribution in [0.25, 0.3) is 11.0 Å². The molecule has 1 aromatic heterocycles. The predicted octanol–water partition coefficient (Wildman–Crippen LogP) is 4.93. The minimum absolute atomic E-state index is 0.191. The number of phenols is 1. The summed E-state index contributed by atoms with van der Waals surface area (Å²) >= 11 is 0. The van der Waals surface area contributed by atoms with Crippen molar-refractivity contribution < 1.29 is 33.5 Å². The van der Waals surface area contributed by atoms with Gasteiger partial charge in [-0.1, -0.05) is 26.0 Å².